The van der Waals surface area contributed by atoms with Crippen LogP contribution in [0.3, 0.4) is 0 Å². The maximum Gasteiger partial charge on any atom is 0.490 e. The van der Waals surface area contributed by atoms with Crippen molar-refractivity contribution in [3.63, 3.8) is 0 Å². The first kappa shape index (κ1) is 26.9. The maximum atomic E-state index is 10.7. The summed E-state index contributed by atoms with van der Waals surface area (Å²) in [6.07, 6.45) is -4.72. The van der Waals surface area contributed by atoms with Gasteiger partial charge in [0.25, 0.3) is 0 Å². The number of aliphatic hydroxyl groups excluding tert-OH is 1. The Kier molecular flexibility index (Phi) is 8.19. The molecular formula is C26H29F3N4O3. The fourth-order valence-corrected chi connectivity index (χ4v) is 4.20. The monoisotopic (exact) mass is 502 g/mol. The number of aromatic nitrogens is 2. The lowest BCUT2D eigenvalue weighted by Gasteiger charge is -2.23. The zero-order chi connectivity index (χ0) is 26.6. The van der Waals surface area contributed by atoms with Gasteiger partial charge in [-0.2, -0.15) is 18.2 Å². The standard InChI is InChI=1S/C24H28N4O.C2HF3O2/c1-15-12-16(2)22(17(3)13-15)26-24-25-18(4)20-10-11-28(23(20)27-24)14-21(29)19-8-6-5-7-9-19;3-2(4,5)1(6)7/h5-9,12-13,21,29H,10-11,14H2,1-4H3,(H,25,26,27);(H,6,7). The van der Waals surface area contributed by atoms with Crippen molar-refractivity contribution in [1.82, 2.24) is 9.97 Å². The van der Waals surface area contributed by atoms with Gasteiger partial charge in [0.05, 0.1) is 6.10 Å². The van der Waals surface area contributed by atoms with Crippen LogP contribution in [-0.4, -0.2) is 45.4 Å². The van der Waals surface area contributed by atoms with Gasteiger partial charge in [0.2, 0.25) is 5.95 Å². The number of aryl methyl sites for hydroxylation is 4. The minimum absolute atomic E-state index is 0.523. The smallest absolute Gasteiger partial charge is 0.475 e. The Morgan fingerprint density at radius 2 is 1.67 bits per heavy atom. The van der Waals surface area contributed by atoms with Gasteiger partial charge in [0.1, 0.15) is 5.82 Å². The number of carboxylic acid groups (broad SMARTS) is 1. The van der Waals surface area contributed by atoms with Gasteiger partial charge in [0, 0.05) is 30.0 Å². The summed E-state index contributed by atoms with van der Waals surface area (Å²) in [5, 5.41) is 21.2. The van der Waals surface area contributed by atoms with Crippen LogP contribution in [0.15, 0.2) is 42.5 Å². The third kappa shape index (κ3) is 6.51. The molecule has 0 fully saturated rings. The number of alkyl halides is 3. The molecule has 1 aromatic heterocycles. The summed E-state index contributed by atoms with van der Waals surface area (Å²) in [6.45, 7) is 9.72. The van der Waals surface area contributed by atoms with Crippen LogP contribution < -0.4 is 10.2 Å². The van der Waals surface area contributed by atoms with E-state index < -0.39 is 18.2 Å². The summed E-state index contributed by atoms with van der Waals surface area (Å²) in [5.41, 5.74) is 7.77. The fraction of sp³-hybridized carbons (Fsp3) is 0.346. The van der Waals surface area contributed by atoms with Crippen LogP contribution in [0, 0.1) is 27.7 Å². The van der Waals surface area contributed by atoms with Crippen LogP contribution in [0.4, 0.5) is 30.6 Å². The first-order valence-electron chi connectivity index (χ1n) is 11.4. The van der Waals surface area contributed by atoms with E-state index in [2.05, 4.69) is 43.1 Å². The molecule has 1 aliphatic heterocycles. The number of benzene rings is 2. The number of fused-ring (bicyclic) bond motifs is 1. The Bertz CT molecular complexity index is 1210. The summed E-state index contributed by atoms with van der Waals surface area (Å²) in [4.78, 5) is 20.6. The number of nitrogens with zero attached hydrogens (tertiary/aromatic N) is 3. The van der Waals surface area contributed by atoms with Crippen LogP contribution in [0.25, 0.3) is 0 Å². The molecule has 0 bridgehead atoms. The highest BCUT2D eigenvalue weighted by atomic mass is 19.4. The quantitative estimate of drug-likeness (QED) is 0.442. The van der Waals surface area contributed by atoms with E-state index in [4.69, 9.17) is 19.9 Å². The van der Waals surface area contributed by atoms with Gasteiger partial charge in [0.15, 0.2) is 0 Å². The lowest BCUT2D eigenvalue weighted by Crippen LogP contribution is -2.27. The highest BCUT2D eigenvalue weighted by molar-refractivity contribution is 5.73. The molecule has 0 radical (unpaired) electrons. The van der Waals surface area contributed by atoms with E-state index in [-0.39, 0.29) is 0 Å². The average molecular weight is 503 g/mol. The summed E-state index contributed by atoms with van der Waals surface area (Å²) in [6, 6.07) is 14.1. The van der Waals surface area contributed by atoms with E-state index in [1.54, 1.807) is 0 Å². The number of carbonyl (C=O) groups is 1. The summed E-state index contributed by atoms with van der Waals surface area (Å²) >= 11 is 0. The first-order valence-corrected chi connectivity index (χ1v) is 11.4. The van der Waals surface area contributed by atoms with Crippen molar-refractivity contribution in [2.24, 2.45) is 0 Å². The van der Waals surface area contributed by atoms with Crippen LogP contribution in [0.5, 0.6) is 0 Å². The highest BCUT2D eigenvalue weighted by Crippen LogP contribution is 2.32. The van der Waals surface area contributed by atoms with E-state index in [0.29, 0.717) is 12.5 Å². The molecule has 0 spiro atoms. The molecule has 1 unspecified atom stereocenters. The van der Waals surface area contributed by atoms with Gasteiger partial charge in [-0.25, -0.2) is 9.78 Å². The lowest BCUT2D eigenvalue weighted by atomic mass is 10.1. The predicted molar refractivity (Wildman–Crippen MR) is 132 cm³/mol. The van der Waals surface area contributed by atoms with Gasteiger partial charge in [-0.1, -0.05) is 48.0 Å². The molecule has 0 amide bonds. The SMILES string of the molecule is Cc1cc(C)c(Nc2nc(C)c3c(n2)N(CC(O)c2ccccc2)CC3)c(C)c1.O=C(O)C(F)(F)F. The molecule has 2 heterocycles. The Morgan fingerprint density at radius 3 is 2.22 bits per heavy atom. The van der Waals surface area contributed by atoms with Crippen LogP contribution in [0.1, 0.15) is 39.6 Å². The van der Waals surface area contributed by atoms with Crippen molar-refractivity contribution >= 4 is 23.4 Å². The number of nitrogens with one attached hydrogen (secondary N) is 1. The minimum atomic E-state index is -5.08. The van der Waals surface area contributed by atoms with E-state index in [9.17, 15) is 18.3 Å². The molecule has 1 atom stereocenters. The van der Waals surface area contributed by atoms with E-state index in [0.717, 1.165) is 35.7 Å². The summed E-state index contributed by atoms with van der Waals surface area (Å²) in [5.74, 6) is -1.22. The summed E-state index contributed by atoms with van der Waals surface area (Å²) < 4.78 is 31.7. The van der Waals surface area contributed by atoms with Crippen molar-refractivity contribution < 1.29 is 28.2 Å². The Labute approximate surface area is 207 Å². The largest absolute Gasteiger partial charge is 0.490 e. The molecule has 36 heavy (non-hydrogen) atoms. The molecule has 0 saturated heterocycles. The Hall–Kier alpha value is -3.66. The third-order valence-corrected chi connectivity index (χ3v) is 5.86. The number of hydrogen-bond acceptors (Lipinski definition) is 6. The maximum absolute atomic E-state index is 10.7. The van der Waals surface area contributed by atoms with E-state index >= 15 is 0 Å². The second-order valence-corrected chi connectivity index (χ2v) is 8.76. The fourth-order valence-electron chi connectivity index (χ4n) is 4.20. The van der Waals surface area contributed by atoms with Gasteiger partial charge in [-0.05, 0) is 50.8 Å². The second kappa shape index (κ2) is 10.9. The van der Waals surface area contributed by atoms with Crippen molar-refractivity contribution in [2.75, 3.05) is 23.3 Å². The van der Waals surface area contributed by atoms with Crippen LogP contribution >= 0.6 is 0 Å². The zero-order valence-corrected chi connectivity index (χ0v) is 20.5. The number of hydrogen-bond donors (Lipinski definition) is 3. The Morgan fingerprint density at radius 1 is 1.08 bits per heavy atom. The molecule has 3 aromatic rings. The van der Waals surface area contributed by atoms with Crippen molar-refractivity contribution in [2.45, 2.75) is 46.4 Å². The molecule has 0 aliphatic carbocycles. The van der Waals surface area contributed by atoms with E-state index in [1.807, 2.05) is 37.3 Å². The number of halogens is 3. The number of carboxylic acids is 1. The van der Waals surface area contributed by atoms with Crippen LogP contribution in [-0.2, 0) is 11.2 Å². The van der Waals surface area contributed by atoms with E-state index in [1.165, 1.54) is 22.3 Å². The number of β-amino-alcohol motifs (C(OH)–C–C–N with tert-alkyl or cyclic N) is 1. The first-order chi connectivity index (χ1) is 16.9. The van der Waals surface area contributed by atoms with Gasteiger partial charge >= 0.3 is 12.1 Å². The Balaban J connectivity index is 0.000000454. The van der Waals surface area contributed by atoms with Crippen molar-refractivity contribution in [3.8, 4) is 0 Å². The van der Waals surface area contributed by atoms with Gasteiger partial charge in [-0.15, -0.1) is 0 Å². The lowest BCUT2D eigenvalue weighted by molar-refractivity contribution is -0.192. The second-order valence-electron chi connectivity index (χ2n) is 8.76. The third-order valence-electron chi connectivity index (χ3n) is 5.86. The molecule has 2 aromatic carbocycles. The number of anilines is 3. The molecule has 0 saturated carbocycles. The number of aliphatic hydroxyl groups is 1. The van der Waals surface area contributed by atoms with Gasteiger partial charge < -0.3 is 20.4 Å². The number of rotatable bonds is 5. The molecule has 10 heteroatoms. The minimum Gasteiger partial charge on any atom is -0.475 e. The van der Waals surface area contributed by atoms with Crippen LogP contribution in [0.2, 0.25) is 0 Å². The van der Waals surface area contributed by atoms with Crippen molar-refractivity contribution in [3.05, 3.63) is 76.0 Å². The molecule has 192 valence electrons. The molecular weight excluding hydrogens is 473 g/mol. The number of aliphatic carboxylic acids is 1. The topological polar surface area (TPSA) is 98.6 Å². The average Bonchev–Trinajstić information content (AvgIpc) is 3.19. The molecule has 7 nitrogen and oxygen atoms in total. The molecule has 1 aliphatic rings. The van der Waals surface area contributed by atoms with Crippen molar-refractivity contribution in [1.29, 1.82) is 0 Å². The zero-order valence-electron chi connectivity index (χ0n) is 20.5. The predicted octanol–water partition coefficient (Wildman–Crippen LogP) is 5.18. The summed E-state index contributed by atoms with van der Waals surface area (Å²) in [7, 11) is 0. The molecule has 4 rings (SSSR count). The normalized spacial score (nSPS) is 13.5. The molecule has 3 N–H and O–H groups in total. The highest BCUT2D eigenvalue weighted by Gasteiger charge is 2.38. The van der Waals surface area contributed by atoms with Gasteiger partial charge in [-0.3, -0.25) is 0 Å².